The molecule has 0 unspecified atom stereocenters. The van der Waals surface area contributed by atoms with Gasteiger partial charge in [-0.25, -0.2) is 4.68 Å². The molecule has 0 spiro atoms. The molecule has 2 heterocycles. The minimum Gasteiger partial charge on any atom is -0.350 e. The van der Waals surface area contributed by atoms with Crippen molar-refractivity contribution >= 4 is 5.91 Å². The highest BCUT2D eigenvalue weighted by Crippen LogP contribution is 2.35. The van der Waals surface area contributed by atoms with Crippen molar-refractivity contribution in [2.24, 2.45) is 10.2 Å². The first-order valence-electron chi connectivity index (χ1n) is 7.81. The number of carbonyl (C=O) groups is 1. The van der Waals surface area contributed by atoms with Crippen molar-refractivity contribution in [1.82, 2.24) is 20.3 Å². The summed E-state index contributed by atoms with van der Waals surface area (Å²) >= 11 is 0. The maximum atomic E-state index is 12.1. The van der Waals surface area contributed by atoms with Gasteiger partial charge in [0.05, 0.1) is 12.7 Å². The first-order valence-corrected chi connectivity index (χ1v) is 7.81. The fourth-order valence-electron chi connectivity index (χ4n) is 2.39. The predicted octanol–water partition coefficient (Wildman–Crippen LogP) is 2.02. The third kappa shape index (κ3) is 4.04. The molecule has 3 rings (SSSR count). The second-order valence-corrected chi connectivity index (χ2v) is 5.68. The number of hydrogen-bond donors (Lipinski definition) is 1. The Hall–Kier alpha value is -3.01. The van der Waals surface area contributed by atoms with Crippen molar-refractivity contribution in [3.8, 4) is 12.3 Å². The number of benzene rings is 1. The van der Waals surface area contributed by atoms with E-state index in [1.807, 2.05) is 30.3 Å². The Labute approximate surface area is 140 Å². The van der Waals surface area contributed by atoms with Crippen molar-refractivity contribution in [2.45, 2.75) is 31.5 Å². The SMILES string of the molecule is C#CCCC1(CCNC(=O)c2cn(Cc3ccccc3)nn2)N=N1. The Kier molecular flexibility index (Phi) is 4.66. The van der Waals surface area contributed by atoms with Gasteiger partial charge in [-0.15, -0.1) is 17.4 Å². The number of aromatic nitrogens is 3. The van der Waals surface area contributed by atoms with E-state index < -0.39 is 0 Å². The number of carbonyl (C=O) groups excluding carboxylic acids is 1. The summed E-state index contributed by atoms with van der Waals surface area (Å²) in [6.07, 6.45) is 8.91. The molecule has 1 aromatic heterocycles. The molecule has 24 heavy (non-hydrogen) atoms. The number of nitrogens with zero attached hydrogens (tertiary/aromatic N) is 5. The average molecular weight is 322 g/mol. The Balaban J connectivity index is 1.47. The molecule has 0 atom stereocenters. The minimum atomic E-state index is -0.384. The number of amides is 1. The molecule has 1 amide bonds. The minimum absolute atomic E-state index is 0.248. The lowest BCUT2D eigenvalue weighted by molar-refractivity contribution is 0.0947. The van der Waals surface area contributed by atoms with Gasteiger partial charge in [0.15, 0.2) is 11.4 Å². The van der Waals surface area contributed by atoms with E-state index in [0.29, 0.717) is 31.6 Å². The molecule has 122 valence electrons. The summed E-state index contributed by atoms with van der Waals surface area (Å²) in [5.74, 6) is 2.34. The molecule has 1 aliphatic heterocycles. The summed E-state index contributed by atoms with van der Waals surface area (Å²) in [5.41, 5.74) is 1.01. The predicted molar refractivity (Wildman–Crippen MR) is 88.2 cm³/mol. The van der Waals surface area contributed by atoms with Crippen molar-refractivity contribution in [3.05, 3.63) is 47.8 Å². The zero-order valence-corrected chi connectivity index (χ0v) is 13.2. The largest absolute Gasteiger partial charge is 0.350 e. The van der Waals surface area contributed by atoms with Crippen LogP contribution in [-0.2, 0) is 6.54 Å². The maximum absolute atomic E-state index is 12.1. The summed E-state index contributed by atoms with van der Waals surface area (Å²) in [6, 6.07) is 9.88. The van der Waals surface area contributed by atoms with Gasteiger partial charge in [0, 0.05) is 25.8 Å². The van der Waals surface area contributed by atoms with E-state index in [2.05, 4.69) is 31.8 Å². The molecular formula is C17H18N6O. The van der Waals surface area contributed by atoms with Crippen LogP contribution in [0.5, 0.6) is 0 Å². The molecule has 0 fully saturated rings. The van der Waals surface area contributed by atoms with Gasteiger partial charge in [0.25, 0.3) is 5.91 Å². The van der Waals surface area contributed by atoms with Crippen LogP contribution in [0.3, 0.4) is 0 Å². The lowest BCUT2D eigenvalue weighted by Crippen LogP contribution is -2.28. The van der Waals surface area contributed by atoms with Crippen molar-refractivity contribution in [2.75, 3.05) is 6.54 Å². The van der Waals surface area contributed by atoms with Crippen LogP contribution in [0.1, 0.15) is 35.3 Å². The zero-order valence-electron chi connectivity index (χ0n) is 13.2. The highest BCUT2D eigenvalue weighted by atomic mass is 16.2. The van der Waals surface area contributed by atoms with E-state index >= 15 is 0 Å². The zero-order chi connectivity index (χ0) is 16.8. The van der Waals surface area contributed by atoms with Gasteiger partial charge < -0.3 is 5.32 Å². The highest BCUT2D eigenvalue weighted by Gasteiger charge is 2.38. The van der Waals surface area contributed by atoms with Crippen molar-refractivity contribution < 1.29 is 4.79 Å². The first-order chi connectivity index (χ1) is 11.7. The van der Waals surface area contributed by atoms with E-state index in [1.54, 1.807) is 10.9 Å². The van der Waals surface area contributed by atoms with Gasteiger partial charge in [-0.1, -0.05) is 35.5 Å². The topological polar surface area (TPSA) is 84.5 Å². The van der Waals surface area contributed by atoms with Crippen LogP contribution < -0.4 is 5.32 Å². The summed E-state index contributed by atoms with van der Waals surface area (Å²) in [6.45, 7) is 1.05. The molecule has 0 aliphatic carbocycles. The molecule has 1 aliphatic rings. The van der Waals surface area contributed by atoms with Gasteiger partial charge in [-0.2, -0.15) is 10.2 Å². The van der Waals surface area contributed by atoms with E-state index in [1.165, 1.54) is 0 Å². The Bertz CT molecular complexity index is 768. The number of terminal acetylenes is 1. The second kappa shape index (κ2) is 7.04. The first kappa shape index (κ1) is 15.9. The summed E-state index contributed by atoms with van der Waals surface area (Å²) in [7, 11) is 0. The number of nitrogens with one attached hydrogen (secondary N) is 1. The molecule has 0 saturated carbocycles. The third-order valence-electron chi connectivity index (χ3n) is 3.82. The number of rotatable bonds is 8. The lowest BCUT2D eigenvalue weighted by atomic mass is 10.0. The molecular weight excluding hydrogens is 304 g/mol. The fraction of sp³-hybridized carbons (Fsp3) is 0.353. The number of hydrogen-bond acceptors (Lipinski definition) is 5. The molecule has 0 saturated heterocycles. The van der Waals surface area contributed by atoms with Crippen LogP contribution in [0.15, 0.2) is 46.8 Å². The van der Waals surface area contributed by atoms with Crippen LogP contribution >= 0.6 is 0 Å². The van der Waals surface area contributed by atoms with Gasteiger partial charge in [-0.05, 0) is 5.56 Å². The highest BCUT2D eigenvalue weighted by molar-refractivity contribution is 5.91. The van der Waals surface area contributed by atoms with Crippen LogP contribution in [0, 0.1) is 12.3 Å². The van der Waals surface area contributed by atoms with E-state index in [0.717, 1.165) is 12.0 Å². The molecule has 7 nitrogen and oxygen atoms in total. The van der Waals surface area contributed by atoms with Gasteiger partial charge in [-0.3, -0.25) is 4.79 Å². The van der Waals surface area contributed by atoms with Crippen molar-refractivity contribution in [1.29, 1.82) is 0 Å². The lowest BCUT2D eigenvalue weighted by Gasteiger charge is -2.08. The van der Waals surface area contributed by atoms with E-state index in [-0.39, 0.29) is 11.6 Å². The standard InChI is InChI=1S/C17H18N6O/c1-2-3-9-17(20-21-17)10-11-18-16(24)15-13-23(22-19-15)12-14-7-5-4-6-8-14/h1,4-8,13H,3,9-12H2,(H,18,24). The van der Waals surface area contributed by atoms with Crippen LogP contribution in [-0.4, -0.2) is 33.1 Å². The van der Waals surface area contributed by atoms with E-state index in [9.17, 15) is 4.79 Å². The Morgan fingerprint density at radius 2 is 2.04 bits per heavy atom. The summed E-state index contributed by atoms with van der Waals surface area (Å²) < 4.78 is 1.64. The van der Waals surface area contributed by atoms with Crippen LogP contribution in [0.4, 0.5) is 0 Å². The van der Waals surface area contributed by atoms with Gasteiger partial charge in [0.2, 0.25) is 0 Å². The third-order valence-corrected chi connectivity index (χ3v) is 3.82. The molecule has 7 heteroatoms. The van der Waals surface area contributed by atoms with Crippen LogP contribution in [0.2, 0.25) is 0 Å². The Morgan fingerprint density at radius 3 is 2.75 bits per heavy atom. The Morgan fingerprint density at radius 1 is 1.25 bits per heavy atom. The van der Waals surface area contributed by atoms with Crippen LogP contribution in [0.25, 0.3) is 0 Å². The fourth-order valence-corrected chi connectivity index (χ4v) is 2.39. The normalized spacial score (nSPS) is 14.1. The molecule has 0 bridgehead atoms. The maximum Gasteiger partial charge on any atom is 0.273 e. The molecule has 2 aromatic rings. The summed E-state index contributed by atoms with van der Waals surface area (Å²) in [4.78, 5) is 12.1. The molecule has 1 N–H and O–H groups in total. The van der Waals surface area contributed by atoms with Gasteiger partial charge in [0.1, 0.15) is 0 Å². The summed E-state index contributed by atoms with van der Waals surface area (Å²) in [5, 5.41) is 18.8. The van der Waals surface area contributed by atoms with E-state index in [4.69, 9.17) is 6.42 Å². The molecule has 0 radical (unpaired) electrons. The second-order valence-electron chi connectivity index (χ2n) is 5.68. The average Bonchev–Trinajstić information content (AvgIpc) is 3.21. The smallest absolute Gasteiger partial charge is 0.273 e. The molecule has 1 aromatic carbocycles. The quantitative estimate of drug-likeness (QED) is 0.755. The van der Waals surface area contributed by atoms with Crippen molar-refractivity contribution in [3.63, 3.8) is 0 Å². The van der Waals surface area contributed by atoms with Gasteiger partial charge >= 0.3 is 0 Å². The monoisotopic (exact) mass is 322 g/mol.